The minimum Gasteiger partial charge on any atom is -0.493 e. The molecule has 5 nitrogen and oxygen atoms in total. The van der Waals surface area contributed by atoms with E-state index in [-0.39, 0.29) is 17.3 Å². The number of carbonyl (C=O) groups excluding carboxylic acids is 2. The van der Waals surface area contributed by atoms with Crippen molar-refractivity contribution in [1.82, 2.24) is 4.90 Å². The molecule has 4 bridgehead atoms. The maximum Gasteiger partial charge on any atom is 0.317 e. The monoisotopic (exact) mass is 469 g/mol. The predicted molar refractivity (Wildman–Crippen MR) is 129 cm³/mol. The maximum atomic E-state index is 13.3. The molecule has 6 rings (SSSR count). The van der Waals surface area contributed by atoms with Gasteiger partial charge in [-0.1, -0.05) is 36.1 Å². The van der Waals surface area contributed by atoms with Crippen molar-refractivity contribution in [3.8, 4) is 11.5 Å². The lowest BCUT2D eigenvalue weighted by Crippen LogP contribution is -2.51. The summed E-state index contributed by atoms with van der Waals surface area (Å²) in [5.74, 6) is 2.72. The summed E-state index contributed by atoms with van der Waals surface area (Å²) in [6, 6.07) is 5.39. The highest BCUT2D eigenvalue weighted by atomic mass is 32.2. The van der Waals surface area contributed by atoms with Gasteiger partial charge < -0.3 is 9.47 Å². The molecule has 0 radical (unpaired) electrons. The second-order valence-electron chi connectivity index (χ2n) is 9.58. The molecule has 32 heavy (non-hydrogen) atoms. The first-order chi connectivity index (χ1) is 15.4. The Hall–Kier alpha value is -2.12. The molecule has 7 heteroatoms. The van der Waals surface area contributed by atoms with Crippen LogP contribution in [0.15, 0.2) is 35.8 Å². The number of esters is 1. The first-order valence-corrected chi connectivity index (χ1v) is 12.4. The number of carbonyl (C=O) groups is 2. The second kappa shape index (κ2) is 8.34. The van der Waals surface area contributed by atoms with Crippen molar-refractivity contribution in [2.75, 3.05) is 13.7 Å². The Kier molecular flexibility index (Phi) is 5.66. The van der Waals surface area contributed by atoms with Crippen LogP contribution in [-0.4, -0.2) is 34.8 Å². The van der Waals surface area contributed by atoms with Crippen molar-refractivity contribution in [2.45, 2.75) is 38.5 Å². The maximum absolute atomic E-state index is 13.3. The molecule has 0 unspecified atom stereocenters. The SMILES string of the molecule is C=CCN1C(=O)/C(=C\c2ccc(OC(=O)C34CC5CC(CC(C5)C3)C4)c(OC)c2)SC1=S. The molecule has 1 aliphatic heterocycles. The van der Waals surface area contributed by atoms with Gasteiger partial charge >= 0.3 is 5.97 Å². The van der Waals surface area contributed by atoms with Crippen LogP contribution >= 0.6 is 24.0 Å². The van der Waals surface area contributed by atoms with Gasteiger partial charge in [-0.15, -0.1) is 6.58 Å². The van der Waals surface area contributed by atoms with Crippen LogP contribution in [0.3, 0.4) is 0 Å². The Morgan fingerprint density at radius 2 is 1.88 bits per heavy atom. The van der Waals surface area contributed by atoms with E-state index in [1.165, 1.54) is 35.9 Å². The van der Waals surface area contributed by atoms with E-state index in [9.17, 15) is 9.59 Å². The third kappa shape index (κ3) is 3.79. The van der Waals surface area contributed by atoms with E-state index in [0.717, 1.165) is 24.8 Å². The molecular weight excluding hydrogens is 442 g/mol. The zero-order valence-corrected chi connectivity index (χ0v) is 19.8. The topological polar surface area (TPSA) is 55.8 Å². The molecular formula is C25H27NO4S2. The Morgan fingerprint density at radius 1 is 1.22 bits per heavy atom. The highest BCUT2D eigenvalue weighted by molar-refractivity contribution is 8.26. The van der Waals surface area contributed by atoms with Crippen LogP contribution in [-0.2, 0) is 9.59 Å². The number of benzene rings is 1. The summed E-state index contributed by atoms with van der Waals surface area (Å²) in [6.45, 7) is 4.07. The number of rotatable bonds is 6. The molecule has 4 aliphatic carbocycles. The highest BCUT2D eigenvalue weighted by Crippen LogP contribution is 2.60. The van der Waals surface area contributed by atoms with Crippen LogP contribution < -0.4 is 9.47 Å². The van der Waals surface area contributed by atoms with Gasteiger partial charge in [0.1, 0.15) is 4.32 Å². The van der Waals surface area contributed by atoms with Crippen LogP contribution in [0.1, 0.15) is 44.1 Å². The number of nitrogens with zero attached hydrogens (tertiary/aromatic N) is 1. The second-order valence-corrected chi connectivity index (χ2v) is 11.3. The van der Waals surface area contributed by atoms with E-state index < -0.39 is 0 Å². The van der Waals surface area contributed by atoms with Crippen LogP contribution in [0, 0.1) is 23.2 Å². The van der Waals surface area contributed by atoms with Gasteiger partial charge in [-0.05, 0) is 80.1 Å². The van der Waals surface area contributed by atoms with Gasteiger partial charge in [0.15, 0.2) is 11.5 Å². The van der Waals surface area contributed by atoms with Gasteiger partial charge in [-0.2, -0.15) is 0 Å². The fraction of sp³-hybridized carbons (Fsp3) is 0.480. The smallest absolute Gasteiger partial charge is 0.317 e. The summed E-state index contributed by atoms with van der Waals surface area (Å²) >= 11 is 6.57. The Labute approximate surface area is 198 Å². The number of hydrogen-bond donors (Lipinski definition) is 0. The summed E-state index contributed by atoms with van der Waals surface area (Å²) in [5, 5.41) is 0. The van der Waals surface area contributed by atoms with Crippen molar-refractivity contribution in [3.05, 3.63) is 41.3 Å². The molecule has 5 fully saturated rings. The minimum absolute atomic E-state index is 0.104. The fourth-order valence-electron chi connectivity index (χ4n) is 6.36. The zero-order chi connectivity index (χ0) is 22.5. The highest BCUT2D eigenvalue weighted by Gasteiger charge is 2.55. The van der Waals surface area contributed by atoms with E-state index in [2.05, 4.69) is 6.58 Å². The Bertz CT molecular complexity index is 995. The van der Waals surface area contributed by atoms with E-state index in [1.54, 1.807) is 31.4 Å². The minimum atomic E-state index is -0.322. The average molecular weight is 470 g/mol. The molecule has 1 amide bonds. The van der Waals surface area contributed by atoms with Crippen LogP contribution in [0.5, 0.6) is 11.5 Å². The summed E-state index contributed by atoms with van der Waals surface area (Å²) in [7, 11) is 1.56. The first kappa shape index (κ1) is 21.7. The lowest BCUT2D eigenvalue weighted by molar-refractivity contribution is -0.161. The first-order valence-electron chi connectivity index (χ1n) is 11.2. The normalized spacial score (nSPS) is 32.0. The molecule has 5 aliphatic rings. The number of thiocarbonyl (C=S) groups is 1. The molecule has 0 spiro atoms. The van der Waals surface area contributed by atoms with E-state index >= 15 is 0 Å². The molecule has 168 valence electrons. The molecule has 0 aromatic heterocycles. The molecule has 1 aromatic carbocycles. The van der Waals surface area contributed by atoms with Gasteiger partial charge in [-0.25, -0.2) is 0 Å². The number of methoxy groups -OCH3 is 1. The van der Waals surface area contributed by atoms with Gasteiger partial charge in [0, 0.05) is 6.54 Å². The molecule has 1 aromatic rings. The summed E-state index contributed by atoms with van der Waals surface area (Å²) in [4.78, 5) is 28.0. The van der Waals surface area contributed by atoms with Crippen LogP contribution in [0.25, 0.3) is 6.08 Å². The summed E-state index contributed by atoms with van der Waals surface area (Å²) < 4.78 is 12.0. The van der Waals surface area contributed by atoms with Crippen molar-refractivity contribution in [3.63, 3.8) is 0 Å². The fourth-order valence-corrected chi connectivity index (χ4v) is 7.64. The van der Waals surface area contributed by atoms with Gasteiger partial charge in [0.05, 0.1) is 17.4 Å². The van der Waals surface area contributed by atoms with Gasteiger partial charge in [0.2, 0.25) is 0 Å². The van der Waals surface area contributed by atoms with Gasteiger partial charge in [0.25, 0.3) is 5.91 Å². The largest absolute Gasteiger partial charge is 0.493 e. The summed E-state index contributed by atoms with van der Waals surface area (Å²) in [6.07, 6.45) is 10.2. The molecule has 1 heterocycles. The number of amides is 1. The third-order valence-electron chi connectivity index (χ3n) is 7.34. The molecule has 0 N–H and O–H groups in total. The molecule has 0 atom stereocenters. The Balaban J connectivity index is 1.34. The standard InChI is InChI=1S/C25H27NO4S2/c1-3-6-26-22(27)21(32-24(26)31)11-15-4-5-19(20(10-15)29-2)30-23(28)25-12-16-7-17(13-25)9-18(8-16)14-25/h3-5,10-11,16-18H,1,6-9,12-14H2,2H3/b21-11+. The van der Waals surface area contributed by atoms with E-state index in [0.29, 0.717) is 45.0 Å². The van der Waals surface area contributed by atoms with Crippen molar-refractivity contribution in [2.24, 2.45) is 23.2 Å². The Morgan fingerprint density at radius 3 is 2.47 bits per heavy atom. The number of hydrogen-bond acceptors (Lipinski definition) is 6. The van der Waals surface area contributed by atoms with Crippen LogP contribution in [0.2, 0.25) is 0 Å². The van der Waals surface area contributed by atoms with Crippen LogP contribution in [0.4, 0.5) is 0 Å². The lowest BCUT2D eigenvalue weighted by atomic mass is 9.49. The van der Waals surface area contributed by atoms with Crippen molar-refractivity contribution in [1.29, 1.82) is 0 Å². The van der Waals surface area contributed by atoms with Gasteiger partial charge in [-0.3, -0.25) is 14.5 Å². The number of thioether (sulfide) groups is 1. The third-order valence-corrected chi connectivity index (χ3v) is 8.72. The average Bonchev–Trinajstić information content (AvgIpc) is 3.01. The van der Waals surface area contributed by atoms with E-state index in [1.807, 2.05) is 6.07 Å². The quantitative estimate of drug-likeness (QED) is 0.188. The van der Waals surface area contributed by atoms with Crippen molar-refractivity contribution < 1.29 is 19.1 Å². The zero-order valence-electron chi connectivity index (χ0n) is 18.2. The molecule has 4 saturated carbocycles. The number of ether oxygens (including phenoxy) is 2. The lowest BCUT2D eigenvalue weighted by Gasteiger charge is -2.55. The van der Waals surface area contributed by atoms with Crippen molar-refractivity contribution >= 4 is 46.3 Å². The predicted octanol–water partition coefficient (Wildman–Crippen LogP) is 5.20. The van der Waals surface area contributed by atoms with E-state index in [4.69, 9.17) is 21.7 Å². The molecule has 1 saturated heterocycles. The summed E-state index contributed by atoms with van der Waals surface area (Å²) in [5.41, 5.74) is 0.466.